The zero-order chi connectivity index (χ0) is 9.68. The lowest BCUT2D eigenvalue weighted by Crippen LogP contribution is -2.44. The second kappa shape index (κ2) is 5.58. The fraction of sp³-hybridized carbons (Fsp3) is 0.889. The first kappa shape index (κ1) is 11.0. The van der Waals surface area contributed by atoms with Crippen LogP contribution in [0.15, 0.2) is 0 Å². The first-order chi connectivity index (χ1) is 6.24. The SMILES string of the molecule is N#CC(Br)CN(N)C1CCCCC1. The maximum Gasteiger partial charge on any atom is 0.115 e. The van der Waals surface area contributed by atoms with Crippen molar-refractivity contribution in [3.8, 4) is 6.07 Å². The van der Waals surface area contributed by atoms with Crippen LogP contribution in [0.2, 0.25) is 0 Å². The van der Waals surface area contributed by atoms with Crippen LogP contribution in [0, 0.1) is 11.3 Å². The number of alkyl halides is 1. The number of nitrogens with two attached hydrogens (primary N) is 1. The van der Waals surface area contributed by atoms with Crippen molar-refractivity contribution in [1.82, 2.24) is 5.01 Å². The van der Waals surface area contributed by atoms with E-state index in [0.29, 0.717) is 12.6 Å². The van der Waals surface area contributed by atoms with E-state index in [9.17, 15) is 0 Å². The molecule has 3 nitrogen and oxygen atoms in total. The summed E-state index contributed by atoms with van der Waals surface area (Å²) in [5.41, 5.74) is 0. The summed E-state index contributed by atoms with van der Waals surface area (Å²) in [4.78, 5) is -0.139. The van der Waals surface area contributed by atoms with Crippen LogP contribution in [0.4, 0.5) is 0 Å². The van der Waals surface area contributed by atoms with Gasteiger partial charge in [-0.1, -0.05) is 35.2 Å². The fourth-order valence-corrected chi connectivity index (χ4v) is 2.12. The van der Waals surface area contributed by atoms with Gasteiger partial charge in [0.1, 0.15) is 4.83 Å². The highest BCUT2D eigenvalue weighted by Gasteiger charge is 2.20. The number of hydrazine groups is 1. The number of halogens is 1. The Labute approximate surface area is 88.0 Å². The quantitative estimate of drug-likeness (QED) is 0.469. The van der Waals surface area contributed by atoms with E-state index in [1.807, 2.05) is 5.01 Å². The van der Waals surface area contributed by atoms with Gasteiger partial charge in [-0.2, -0.15) is 5.26 Å². The summed E-state index contributed by atoms with van der Waals surface area (Å²) in [7, 11) is 0. The van der Waals surface area contributed by atoms with Crippen molar-refractivity contribution in [2.75, 3.05) is 6.54 Å². The Balaban J connectivity index is 2.29. The lowest BCUT2D eigenvalue weighted by Gasteiger charge is -2.30. The molecule has 0 saturated heterocycles. The Hall–Kier alpha value is -0.110. The van der Waals surface area contributed by atoms with Crippen molar-refractivity contribution < 1.29 is 0 Å². The summed E-state index contributed by atoms with van der Waals surface area (Å²) in [5, 5.41) is 10.4. The molecule has 4 heteroatoms. The molecule has 1 saturated carbocycles. The predicted octanol–water partition coefficient (Wildman–Crippen LogP) is 1.78. The zero-order valence-electron chi connectivity index (χ0n) is 7.75. The minimum atomic E-state index is -0.139. The van der Waals surface area contributed by atoms with Crippen molar-refractivity contribution >= 4 is 15.9 Å². The van der Waals surface area contributed by atoms with Crippen molar-refractivity contribution in [3.05, 3.63) is 0 Å². The first-order valence-corrected chi connectivity index (χ1v) is 5.70. The summed E-state index contributed by atoms with van der Waals surface area (Å²) in [6, 6.07) is 2.62. The number of nitrogens with zero attached hydrogens (tertiary/aromatic N) is 2. The third-order valence-corrected chi connectivity index (χ3v) is 3.05. The van der Waals surface area contributed by atoms with Gasteiger partial charge in [0.15, 0.2) is 0 Å². The number of nitriles is 1. The van der Waals surface area contributed by atoms with Crippen LogP contribution >= 0.6 is 15.9 Å². The fourth-order valence-electron chi connectivity index (χ4n) is 1.79. The highest BCUT2D eigenvalue weighted by molar-refractivity contribution is 9.09. The molecule has 0 spiro atoms. The smallest absolute Gasteiger partial charge is 0.115 e. The molecule has 1 rings (SSSR count). The molecule has 0 heterocycles. The number of rotatable bonds is 3. The second-order valence-electron chi connectivity index (χ2n) is 3.59. The van der Waals surface area contributed by atoms with Crippen LogP contribution in [-0.2, 0) is 0 Å². The van der Waals surface area contributed by atoms with Crippen molar-refractivity contribution in [3.63, 3.8) is 0 Å². The van der Waals surface area contributed by atoms with E-state index in [1.54, 1.807) is 0 Å². The van der Waals surface area contributed by atoms with Crippen LogP contribution < -0.4 is 5.84 Å². The van der Waals surface area contributed by atoms with Crippen LogP contribution in [-0.4, -0.2) is 22.4 Å². The summed E-state index contributed by atoms with van der Waals surface area (Å²) in [6.07, 6.45) is 6.25. The van der Waals surface area contributed by atoms with Crippen LogP contribution in [0.1, 0.15) is 32.1 Å². The molecular weight excluding hydrogens is 230 g/mol. The average molecular weight is 246 g/mol. The molecule has 74 valence electrons. The molecule has 0 aliphatic heterocycles. The summed E-state index contributed by atoms with van der Waals surface area (Å²) in [5.74, 6) is 5.88. The van der Waals surface area contributed by atoms with E-state index in [-0.39, 0.29) is 4.83 Å². The highest BCUT2D eigenvalue weighted by atomic mass is 79.9. The van der Waals surface area contributed by atoms with Gasteiger partial charge < -0.3 is 0 Å². The minimum absolute atomic E-state index is 0.139. The van der Waals surface area contributed by atoms with Crippen molar-refractivity contribution in [2.45, 2.75) is 43.0 Å². The Morgan fingerprint density at radius 3 is 2.62 bits per heavy atom. The molecule has 0 aromatic heterocycles. The van der Waals surface area contributed by atoms with Crippen molar-refractivity contribution in [2.24, 2.45) is 5.84 Å². The normalized spacial score (nSPS) is 21.4. The maximum atomic E-state index is 8.60. The first-order valence-electron chi connectivity index (χ1n) is 4.79. The van der Waals surface area contributed by atoms with Crippen LogP contribution in [0.5, 0.6) is 0 Å². The standard InChI is InChI=1S/C9H16BrN3/c10-8(6-11)7-13(12)9-4-2-1-3-5-9/h8-9H,1-5,7,12H2. The van der Waals surface area contributed by atoms with Crippen LogP contribution in [0.25, 0.3) is 0 Å². The van der Waals surface area contributed by atoms with Gasteiger partial charge in [0.05, 0.1) is 6.07 Å². The van der Waals surface area contributed by atoms with Gasteiger partial charge in [-0.25, -0.2) is 5.01 Å². The molecule has 0 amide bonds. The van der Waals surface area contributed by atoms with Gasteiger partial charge in [0, 0.05) is 12.6 Å². The molecule has 1 aliphatic rings. The third kappa shape index (κ3) is 3.63. The van der Waals surface area contributed by atoms with Crippen LogP contribution in [0.3, 0.4) is 0 Å². The third-order valence-electron chi connectivity index (χ3n) is 2.55. The van der Waals surface area contributed by atoms with E-state index in [2.05, 4.69) is 22.0 Å². The van der Waals surface area contributed by atoms with E-state index in [0.717, 1.165) is 0 Å². The van der Waals surface area contributed by atoms with Gasteiger partial charge in [-0.05, 0) is 12.8 Å². The topological polar surface area (TPSA) is 53.0 Å². The van der Waals surface area contributed by atoms with E-state index in [1.165, 1.54) is 32.1 Å². The number of hydrogen-bond donors (Lipinski definition) is 1. The summed E-state index contributed by atoms with van der Waals surface area (Å²) in [6.45, 7) is 0.626. The molecule has 1 atom stereocenters. The van der Waals surface area contributed by atoms with Gasteiger partial charge in [0.25, 0.3) is 0 Å². The molecule has 1 unspecified atom stereocenters. The Kier molecular flexibility index (Phi) is 4.71. The second-order valence-corrected chi connectivity index (χ2v) is 4.69. The van der Waals surface area contributed by atoms with Crippen molar-refractivity contribution in [1.29, 1.82) is 5.26 Å². The molecule has 1 fully saturated rings. The van der Waals surface area contributed by atoms with Gasteiger partial charge >= 0.3 is 0 Å². The minimum Gasteiger partial charge on any atom is -0.268 e. The Morgan fingerprint density at radius 1 is 1.46 bits per heavy atom. The monoisotopic (exact) mass is 245 g/mol. The Bertz CT molecular complexity index is 184. The molecule has 0 radical (unpaired) electrons. The molecule has 0 aromatic rings. The molecule has 13 heavy (non-hydrogen) atoms. The predicted molar refractivity (Wildman–Crippen MR) is 56.1 cm³/mol. The van der Waals surface area contributed by atoms with E-state index < -0.39 is 0 Å². The molecule has 1 aliphatic carbocycles. The zero-order valence-corrected chi connectivity index (χ0v) is 9.33. The van der Waals surface area contributed by atoms with E-state index in [4.69, 9.17) is 11.1 Å². The molecule has 2 N–H and O–H groups in total. The molecular formula is C9H16BrN3. The summed E-state index contributed by atoms with van der Waals surface area (Å²) < 4.78 is 0. The maximum absolute atomic E-state index is 8.60. The average Bonchev–Trinajstić information content (AvgIpc) is 2.19. The van der Waals surface area contributed by atoms with Gasteiger partial charge in [-0.15, -0.1) is 0 Å². The van der Waals surface area contributed by atoms with Gasteiger partial charge in [-0.3, -0.25) is 5.84 Å². The number of hydrogen-bond acceptors (Lipinski definition) is 3. The summed E-state index contributed by atoms with van der Waals surface area (Å²) >= 11 is 3.26. The molecule has 0 bridgehead atoms. The highest BCUT2D eigenvalue weighted by Crippen LogP contribution is 2.21. The Morgan fingerprint density at radius 2 is 2.08 bits per heavy atom. The largest absolute Gasteiger partial charge is 0.268 e. The van der Waals surface area contributed by atoms with Gasteiger partial charge in [0.2, 0.25) is 0 Å². The van der Waals surface area contributed by atoms with E-state index >= 15 is 0 Å². The molecule has 0 aromatic carbocycles. The lowest BCUT2D eigenvalue weighted by molar-refractivity contribution is 0.164. The lowest BCUT2D eigenvalue weighted by atomic mass is 9.95.